The third kappa shape index (κ3) is 0.657. The van der Waals surface area contributed by atoms with E-state index in [4.69, 9.17) is 5.73 Å². The largest absolute Gasteiger partial charge is 0.382 e. The minimum Gasteiger partial charge on any atom is -0.382 e. The number of pyridine rings is 1. The molecule has 2 aromatic rings. The molecule has 0 saturated carbocycles. The van der Waals surface area contributed by atoms with Crippen molar-refractivity contribution in [1.29, 1.82) is 0 Å². The van der Waals surface area contributed by atoms with Gasteiger partial charge in [-0.2, -0.15) is 4.37 Å². The summed E-state index contributed by atoms with van der Waals surface area (Å²) < 4.78 is 5.07. The summed E-state index contributed by atoms with van der Waals surface area (Å²) in [4.78, 5) is 3.93. The second-order valence-corrected chi connectivity index (χ2v) is 2.74. The standard InChI is InChI=1S/C6H5N3S/c7-6-4-3-8-2-1-5(4)10-9-6/h1-3H,(H2,7,9). The Morgan fingerprint density at radius 1 is 1.50 bits per heavy atom. The highest BCUT2D eigenvalue weighted by molar-refractivity contribution is 7.13. The van der Waals surface area contributed by atoms with Crippen LogP contribution in [0.3, 0.4) is 0 Å². The first kappa shape index (κ1) is 5.61. The molecule has 0 saturated heterocycles. The molecule has 0 amide bonds. The van der Waals surface area contributed by atoms with Crippen molar-refractivity contribution < 1.29 is 0 Å². The van der Waals surface area contributed by atoms with Crippen molar-refractivity contribution >= 4 is 27.4 Å². The highest BCUT2D eigenvalue weighted by atomic mass is 32.1. The molecule has 2 N–H and O–H groups in total. The van der Waals surface area contributed by atoms with E-state index in [1.54, 1.807) is 12.4 Å². The SMILES string of the molecule is Nc1nsc2ccncc12. The smallest absolute Gasteiger partial charge is 0.146 e. The van der Waals surface area contributed by atoms with Gasteiger partial charge in [0, 0.05) is 12.4 Å². The maximum Gasteiger partial charge on any atom is 0.146 e. The molecule has 0 aliphatic rings. The molecule has 0 aliphatic heterocycles. The van der Waals surface area contributed by atoms with Crippen LogP contribution in [0.2, 0.25) is 0 Å². The van der Waals surface area contributed by atoms with Crippen molar-refractivity contribution in [3.63, 3.8) is 0 Å². The average molecular weight is 151 g/mol. The number of nitrogens with zero attached hydrogens (tertiary/aromatic N) is 2. The Bertz CT molecular complexity index is 355. The van der Waals surface area contributed by atoms with Gasteiger partial charge in [0.1, 0.15) is 5.82 Å². The highest BCUT2D eigenvalue weighted by Gasteiger charge is 1.99. The average Bonchev–Trinajstić information content (AvgIpc) is 2.34. The molecular weight excluding hydrogens is 146 g/mol. The van der Waals surface area contributed by atoms with E-state index in [0.29, 0.717) is 5.82 Å². The van der Waals surface area contributed by atoms with Crippen LogP contribution in [-0.4, -0.2) is 9.36 Å². The number of hydrogen-bond donors (Lipinski definition) is 1. The number of anilines is 1. The summed E-state index contributed by atoms with van der Waals surface area (Å²) in [6.07, 6.45) is 3.47. The zero-order valence-electron chi connectivity index (χ0n) is 5.11. The molecule has 0 unspecified atom stereocenters. The minimum absolute atomic E-state index is 0.577. The van der Waals surface area contributed by atoms with Crippen LogP contribution in [0.25, 0.3) is 10.1 Å². The van der Waals surface area contributed by atoms with Gasteiger partial charge in [-0.25, -0.2) is 0 Å². The molecule has 0 bridgehead atoms. The third-order valence-corrected chi connectivity index (χ3v) is 2.14. The Morgan fingerprint density at radius 3 is 3.20 bits per heavy atom. The molecule has 2 heterocycles. The van der Waals surface area contributed by atoms with Gasteiger partial charge in [-0.05, 0) is 17.6 Å². The van der Waals surface area contributed by atoms with Gasteiger partial charge < -0.3 is 5.73 Å². The van der Waals surface area contributed by atoms with Crippen molar-refractivity contribution in [3.8, 4) is 0 Å². The minimum atomic E-state index is 0.577. The van der Waals surface area contributed by atoms with Crippen LogP contribution >= 0.6 is 11.5 Å². The van der Waals surface area contributed by atoms with E-state index in [2.05, 4.69) is 9.36 Å². The molecular formula is C6H5N3S. The van der Waals surface area contributed by atoms with Crippen LogP contribution in [0, 0.1) is 0 Å². The van der Waals surface area contributed by atoms with E-state index in [-0.39, 0.29) is 0 Å². The Kier molecular flexibility index (Phi) is 1.07. The summed E-state index contributed by atoms with van der Waals surface area (Å²) in [5.74, 6) is 0.577. The van der Waals surface area contributed by atoms with Crippen molar-refractivity contribution in [2.45, 2.75) is 0 Å². The summed E-state index contributed by atoms with van der Waals surface area (Å²) in [5, 5.41) is 0.951. The van der Waals surface area contributed by atoms with Crippen molar-refractivity contribution in [3.05, 3.63) is 18.5 Å². The molecule has 50 valence electrons. The van der Waals surface area contributed by atoms with E-state index < -0.39 is 0 Å². The van der Waals surface area contributed by atoms with Crippen LogP contribution in [0.1, 0.15) is 0 Å². The summed E-state index contributed by atoms with van der Waals surface area (Å²) in [6.45, 7) is 0. The topological polar surface area (TPSA) is 51.8 Å². The lowest BCUT2D eigenvalue weighted by Crippen LogP contribution is -1.82. The molecule has 0 atom stereocenters. The number of nitrogens with two attached hydrogens (primary N) is 1. The lowest BCUT2D eigenvalue weighted by molar-refractivity contribution is 1.37. The zero-order valence-corrected chi connectivity index (χ0v) is 5.93. The second-order valence-electron chi connectivity index (χ2n) is 1.94. The number of aromatic nitrogens is 2. The summed E-state index contributed by atoms with van der Waals surface area (Å²) >= 11 is 1.40. The van der Waals surface area contributed by atoms with Crippen LogP contribution in [0.4, 0.5) is 5.82 Å². The second kappa shape index (κ2) is 1.91. The summed E-state index contributed by atoms with van der Waals surface area (Å²) in [7, 11) is 0. The predicted octanol–water partition coefficient (Wildman–Crippen LogP) is 1.27. The van der Waals surface area contributed by atoms with Gasteiger partial charge in [0.15, 0.2) is 0 Å². The maximum absolute atomic E-state index is 5.54. The lowest BCUT2D eigenvalue weighted by Gasteiger charge is -1.84. The first-order chi connectivity index (χ1) is 4.88. The third-order valence-electron chi connectivity index (χ3n) is 1.30. The predicted molar refractivity (Wildman–Crippen MR) is 41.8 cm³/mol. The maximum atomic E-state index is 5.54. The van der Waals surface area contributed by atoms with Gasteiger partial charge in [-0.3, -0.25) is 4.98 Å². The Balaban J connectivity index is 2.93. The molecule has 0 spiro atoms. The lowest BCUT2D eigenvalue weighted by atomic mass is 10.3. The van der Waals surface area contributed by atoms with Crippen LogP contribution in [0.15, 0.2) is 18.5 Å². The van der Waals surface area contributed by atoms with E-state index in [0.717, 1.165) is 10.1 Å². The number of fused-ring (bicyclic) bond motifs is 1. The van der Waals surface area contributed by atoms with Gasteiger partial charge in [0.05, 0.1) is 10.1 Å². The van der Waals surface area contributed by atoms with E-state index in [1.807, 2.05) is 6.07 Å². The quantitative estimate of drug-likeness (QED) is 0.617. The Morgan fingerprint density at radius 2 is 2.40 bits per heavy atom. The molecule has 0 radical (unpaired) electrons. The summed E-state index contributed by atoms with van der Waals surface area (Å²) in [5.41, 5.74) is 5.54. The molecule has 0 aromatic carbocycles. The van der Waals surface area contributed by atoms with Crippen molar-refractivity contribution in [2.75, 3.05) is 5.73 Å². The fourth-order valence-corrected chi connectivity index (χ4v) is 1.47. The molecule has 4 heteroatoms. The normalized spacial score (nSPS) is 10.4. The molecule has 10 heavy (non-hydrogen) atoms. The van der Waals surface area contributed by atoms with Gasteiger partial charge in [-0.1, -0.05) is 0 Å². The summed E-state index contributed by atoms with van der Waals surface area (Å²) in [6, 6.07) is 1.91. The van der Waals surface area contributed by atoms with Gasteiger partial charge >= 0.3 is 0 Å². The van der Waals surface area contributed by atoms with E-state index in [1.165, 1.54) is 11.5 Å². The fraction of sp³-hybridized carbons (Fsp3) is 0. The Hall–Kier alpha value is -1.16. The fourth-order valence-electron chi connectivity index (χ4n) is 0.801. The Labute approximate surface area is 61.7 Å². The molecule has 2 rings (SSSR count). The number of rotatable bonds is 0. The molecule has 0 fully saturated rings. The molecule has 3 nitrogen and oxygen atoms in total. The van der Waals surface area contributed by atoms with Gasteiger partial charge in [-0.15, -0.1) is 0 Å². The van der Waals surface area contributed by atoms with Crippen molar-refractivity contribution in [2.24, 2.45) is 0 Å². The first-order valence-corrected chi connectivity index (χ1v) is 3.60. The van der Waals surface area contributed by atoms with Crippen LogP contribution in [0.5, 0.6) is 0 Å². The number of hydrogen-bond acceptors (Lipinski definition) is 4. The van der Waals surface area contributed by atoms with E-state index in [9.17, 15) is 0 Å². The van der Waals surface area contributed by atoms with Crippen LogP contribution < -0.4 is 5.73 Å². The monoisotopic (exact) mass is 151 g/mol. The zero-order chi connectivity index (χ0) is 6.97. The molecule has 2 aromatic heterocycles. The van der Waals surface area contributed by atoms with Gasteiger partial charge in [0.2, 0.25) is 0 Å². The first-order valence-electron chi connectivity index (χ1n) is 2.83. The number of nitrogen functional groups attached to an aromatic ring is 1. The molecule has 0 aliphatic carbocycles. The van der Waals surface area contributed by atoms with E-state index >= 15 is 0 Å². The van der Waals surface area contributed by atoms with Gasteiger partial charge in [0.25, 0.3) is 0 Å². The van der Waals surface area contributed by atoms with Crippen LogP contribution in [-0.2, 0) is 0 Å². The van der Waals surface area contributed by atoms with Crippen molar-refractivity contribution in [1.82, 2.24) is 9.36 Å². The highest BCUT2D eigenvalue weighted by Crippen LogP contribution is 2.21.